The van der Waals surface area contributed by atoms with Gasteiger partial charge in [0.05, 0.1) is 11.6 Å². The Kier molecular flexibility index (Phi) is 2.58. The van der Waals surface area contributed by atoms with Crippen molar-refractivity contribution in [3.05, 3.63) is 42.0 Å². The number of hydrogen-bond donors (Lipinski definition) is 2. The lowest BCUT2D eigenvalue weighted by atomic mass is 10.1. The third kappa shape index (κ3) is 1.88. The van der Waals surface area contributed by atoms with E-state index < -0.39 is 0 Å². The average Bonchev–Trinajstić information content (AvgIpc) is 2.89. The molecule has 92 valence electrons. The van der Waals surface area contributed by atoms with Crippen LogP contribution in [0, 0.1) is 11.3 Å². The molecule has 19 heavy (non-hydrogen) atoms. The van der Waals surface area contributed by atoms with Crippen LogP contribution in [0.25, 0.3) is 20.8 Å². The summed E-state index contributed by atoms with van der Waals surface area (Å²) in [7, 11) is 0. The first-order chi connectivity index (χ1) is 9.19. The summed E-state index contributed by atoms with van der Waals surface area (Å²) in [6.45, 7) is 0. The lowest BCUT2D eigenvalue weighted by molar-refractivity contribution is 0.469. The first-order valence-corrected chi connectivity index (χ1v) is 6.32. The first kappa shape index (κ1) is 11.5. The summed E-state index contributed by atoms with van der Waals surface area (Å²) < 4.78 is 0.555. The molecule has 2 N–H and O–H groups in total. The predicted molar refractivity (Wildman–Crippen MR) is 73.1 cm³/mol. The molecule has 3 aromatic rings. The van der Waals surface area contributed by atoms with E-state index in [1.807, 2.05) is 0 Å². The summed E-state index contributed by atoms with van der Waals surface area (Å²) >= 11 is 1.30. The fourth-order valence-corrected chi connectivity index (χ4v) is 2.79. The van der Waals surface area contributed by atoms with Gasteiger partial charge in [0.15, 0.2) is 0 Å². The molecule has 0 bridgehead atoms. The SMILES string of the molecule is N#Cc1ccc(-c2nc3c(O)ccc(O)c3s2)cc1. The Hall–Kier alpha value is -2.58. The molecule has 1 heterocycles. The quantitative estimate of drug-likeness (QED) is 0.664. The number of nitrogens with zero attached hydrogens (tertiary/aromatic N) is 2. The number of benzene rings is 2. The van der Waals surface area contributed by atoms with Crippen LogP contribution in [0.3, 0.4) is 0 Å². The van der Waals surface area contributed by atoms with Crippen LogP contribution in [0.15, 0.2) is 36.4 Å². The normalized spacial score (nSPS) is 10.5. The Morgan fingerprint density at radius 3 is 2.32 bits per heavy atom. The second-order valence-electron chi connectivity index (χ2n) is 3.99. The van der Waals surface area contributed by atoms with Crippen molar-refractivity contribution in [1.29, 1.82) is 5.26 Å². The lowest BCUT2D eigenvalue weighted by Gasteiger charge is -1.94. The Bertz CT molecular complexity index is 762. The zero-order valence-corrected chi connectivity index (χ0v) is 10.5. The summed E-state index contributed by atoms with van der Waals surface area (Å²) in [5.41, 5.74) is 1.82. The molecule has 4 nitrogen and oxygen atoms in total. The van der Waals surface area contributed by atoms with Gasteiger partial charge in [-0.05, 0) is 24.3 Å². The smallest absolute Gasteiger partial charge is 0.142 e. The van der Waals surface area contributed by atoms with E-state index in [2.05, 4.69) is 11.1 Å². The van der Waals surface area contributed by atoms with Gasteiger partial charge in [0.2, 0.25) is 0 Å². The summed E-state index contributed by atoms with van der Waals surface area (Å²) in [5, 5.41) is 28.9. The fraction of sp³-hybridized carbons (Fsp3) is 0. The summed E-state index contributed by atoms with van der Waals surface area (Å²) in [6, 6.07) is 11.9. The average molecular weight is 268 g/mol. The van der Waals surface area contributed by atoms with Crippen molar-refractivity contribution in [2.75, 3.05) is 0 Å². The maximum Gasteiger partial charge on any atom is 0.142 e. The molecule has 0 saturated carbocycles. The van der Waals surface area contributed by atoms with Gasteiger partial charge in [-0.25, -0.2) is 4.98 Å². The Labute approximate surface area is 112 Å². The largest absolute Gasteiger partial charge is 0.506 e. The van der Waals surface area contributed by atoms with Gasteiger partial charge in [0.1, 0.15) is 26.7 Å². The molecule has 0 radical (unpaired) electrons. The van der Waals surface area contributed by atoms with E-state index in [0.29, 0.717) is 20.8 Å². The zero-order chi connectivity index (χ0) is 13.4. The predicted octanol–water partition coefficient (Wildman–Crippen LogP) is 3.25. The van der Waals surface area contributed by atoms with Crippen LogP contribution in [0.4, 0.5) is 0 Å². The molecule has 5 heteroatoms. The molecule has 0 aliphatic heterocycles. The van der Waals surface area contributed by atoms with E-state index in [1.54, 1.807) is 24.3 Å². The van der Waals surface area contributed by atoms with Crippen LogP contribution >= 0.6 is 11.3 Å². The highest BCUT2D eigenvalue weighted by Crippen LogP contribution is 2.39. The van der Waals surface area contributed by atoms with E-state index in [0.717, 1.165) is 5.56 Å². The standard InChI is InChI=1S/C14H8N2O2S/c15-7-8-1-3-9(4-2-8)14-16-12-10(17)5-6-11(18)13(12)19-14/h1-6,17-18H. The molecule has 0 saturated heterocycles. The molecule has 3 rings (SSSR count). The van der Waals surface area contributed by atoms with Gasteiger partial charge in [-0.3, -0.25) is 0 Å². The van der Waals surface area contributed by atoms with E-state index in [1.165, 1.54) is 23.5 Å². The van der Waals surface area contributed by atoms with Gasteiger partial charge in [-0.2, -0.15) is 5.26 Å². The van der Waals surface area contributed by atoms with E-state index in [9.17, 15) is 10.2 Å². The molecule has 0 amide bonds. The van der Waals surface area contributed by atoms with Gasteiger partial charge < -0.3 is 10.2 Å². The van der Waals surface area contributed by atoms with Gasteiger partial charge in [0.25, 0.3) is 0 Å². The molecular formula is C14H8N2O2S. The second-order valence-corrected chi connectivity index (χ2v) is 4.99. The van der Waals surface area contributed by atoms with Crippen LogP contribution in [0.5, 0.6) is 11.5 Å². The number of phenols is 2. The van der Waals surface area contributed by atoms with Crippen molar-refractivity contribution in [3.8, 4) is 28.1 Å². The maximum atomic E-state index is 9.75. The zero-order valence-electron chi connectivity index (χ0n) is 9.66. The topological polar surface area (TPSA) is 77.1 Å². The number of phenolic OH excluding ortho intramolecular Hbond substituents is 2. The van der Waals surface area contributed by atoms with Crippen LogP contribution in [-0.2, 0) is 0 Å². The summed E-state index contributed by atoms with van der Waals surface area (Å²) in [5.74, 6) is 0.147. The maximum absolute atomic E-state index is 9.75. The first-order valence-electron chi connectivity index (χ1n) is 5.51. The minimum absolute atomic E-state index is 0.0453. The minimum atomic E-state index is 0.0453. The fourth-order valence-electron chi connectivity index (χ4n) is 1.79. The van der Waals surface area contributed by atoms with Gasteiger partial charge >= 0.3 is 0 Å². The number of rotatable bonds is 1. The van der Waals surface area contributed by atoms with Gasteiger partial charge in [-0.1, -0.05) is 12.1 Å². The Balaban J connectivity index is 2.18. The molecule has 0 aliphatic carbocycles. The third-order valence-electron chi connectivity index (χ3n) is 2.76. The highest BCUT2D eigenvalue weighted by molar-refractivity contribution is 7.22. The van der Waals surface area contributed by atoms with E-state index in [-0.39, 0.29) is 11.5 Å². The molecule has 1 aromatic heterocycles. The minimum Gasteiger partial charge on any atom is -0.506 e. The van der Waals surface area contributed by atoms with Crippen molar-refractivity contribution >= 4 is 21.6 Å². The number of fused-ring (bicyclic) bond motifs is 1. The highest BCUT2D eigenvalue weighted by atomic mass is 32.1. The van der Waals surface area contributed by atoms with Crippen molar-refractivity contribution in [2.24, 2.45) is 0 Å². The highest BCUT2D eigenvalue weighted by Gasteiger charge is 2.12. The van der Waals surface area contributed by atoms with Gasteiger partial charge in [-0.15, -0.1) is 11.3 Å². The molecule has 0 unspecified atom stereocenters. The monoisotopic (exact) mass is 268 g/mol. The number of hydrogen-bond acceptors (Lipinski definition) is 5. The molecule has 0 spiro atoms. The lowest BCUT2D eigenvalue weighted by Crippen LogP contribution is -1.77. The molecule has 0 aliphatic rings. The van der Waals surface area contributed by atoms with Crippen LogP contribution in [0.2, 0.25) is 0 Å². The number of aromatic nitrogens is 1. The van der Waals surface area contributed by atoms with Crippen LogP contribution in [-0.4, -0.2) is 15.2 Å². The van der Waals surface area contributed by atoms with Crippen molar-refractivity contribution in [3.63, 3.8) is 0 Å². The summed E-state index contributed by atoms with van der Waals surface area (Å²) in [6.07, 6.45) is 0. The molecular weight excluding hydrogens is 260 g/mol. The number of thiazole rings is 1. The summed E-state index contributed by atoms with van der Waals surface area (Å²) in [4.78, 5) is 4.32. The van der Waals surface area contributed by atoms with Crippen molar-refractivity contribution < 1.29 is 10.2 Å². The van der Waals surface area contributed by atoms with Gasteiger partial charge in [0, 0.05) is 5.56 Å². The number of aromatic hydroxyl groups is 2. The van der Waals surface area contributed by atoms with Crippen molar-refractivity contribution in [1.82, 2.24) is 4.98 Å². The Morgan fingerprint density at radius 2 is 1.68 bits per heavy atom. The second kappa shape index (κ2) is 4.26. The number of nitriles is 1. The molecule has 2 aromatic carbocycles. The van der Waals surface area contributed by atoms with Crippen molar-refractivity contribution in [2.45, 2.75) is 0 Å². The third-order valence-corrected chi connectivity index (χ3v) is 3.89. The van der Waals surface area contributed by atoms with Crippen LogP contribution < -0.4 is 0 Å². The molecule has 0 atom stereocenters. The van der Waals surface area contributed by atoms with Crippen LogP contribution in [0.1, 0.15) is 5.56 Å². The molecule has 0 fully saturated rings. The van der Waals surface area contributed by atoms with E-state index in [4.69, 9.17) is 5.26 Å². The van der Waals surface area contributed by atoms with E-state index >= 15 is 0 Å². The Morgan fingerprint density at radius 1 is 1.00 bits per heavy atom.